The van der Waals surface area contributed by atoms with Gasteiger partial charge in [0.05, 0.1) is 5.56 Å². The molecule has 7 nitrogen and oxygen atoms in total. The van der Waals surface area contributed by atoms with Crippen LogP contribution in [0.5, 0.6) is 0 Å². The second-order valence-corrected chi connectivity index (χ2v) is 9.14. The Morgan fingerprint density at radius 2 is 1.88 bits per heavy atom. The number of benzene rings is 1. The lowest BCUT2D eigenvalue weighted by molar-refractivity contribution is -0.138. The predicted octanol–water partition coefficient (Wildman–Crippen LogP) is 4.16. The van der Waals surface area contributed by atoms with Crippen molar-refractivity contribution in [3.05, 3.63) is 38.7 Å². The number of aryl methyl sites for hydroxylation is 1. The van der Waals surface area contributed by atoms with Crippen molar-refractivity contribution in [1.82, 2.24) is 20.3 Å². The largest absolute Gasteiger partial charge is 0.416 e. The SMILES string of the molecule is CNc1nc(C)nc(N(C)[C@H]2CC[C@@H](C(=O)NCc3ccc(I)cc3C(F)(F)F)CC2)n1. The standard InChI is InChI=1S/C21H26F3IN6O/c1-12-28-19(26-2)30-20(29-12)31(3)16-8-5-13(6-9-16)18(32)27-11-14-4-7-15(25)10-17(14)21(22,23)24/h4,7,10,13,16H,5-6,8-9,11H2,1-3H3,(H,27,32)(H,26,28,29,30)/t13-,16+. The van der Waals surface area contributed by atoms with E-state index in [0.717, 1.165) is 18.9 Å². The van der Waals surface area contributed by atoms with E-state index in [4.69, 9.17) is 0 Å². The summed E-state index contributed by atoms with van der Waals surface area (Å²) < 4.78 is 40.4. The summed E-state index contributed by atoms with van der Waals surface area (Å²) in [5, 5.41) is 5.62. The number of rotatable bonds is 6. The van der Waals surface area contributed by atoms with Crippen LogP contribution in [-0.2, 0) is 17.5 Å². The number of hydrogen-bond acceptors (Lipinski definition) is 6. The van der Waals surface area contributed by atoms with E-state index in [1.165, 1.54) is 6.07 Å². The fourth-order valence-corrected chi connectivity index (χ4v) is 4.41. The van der Waals surface area contributed by atoms with Gasteiger partial charge >= 0.3 is 6.18 Å². The van der Waals surface area contributed by atoms with Gasteiger partial charge in [-0.1, -0.05) is 6.07 Å². The van der Waals surface area contributed by atoms with Crippen molar-refractivity contribution < 1.29 is 18.0 Å². The van der Waals surface area contributed by atoms with E-state index in [-0.39, 0.29) is 30.0 Å². The van der Waals surface area contributed by atoms with E-state index < -0.39 is 11.7 Å². The Bertz CT molecular complexity index is 963. The van der Waals surface area contributed by atoms with E-state index in [1.54, 1.807) is 20.0 Å². The van der Waals surface area contributed by atoms with Gasteiger partial charge in [0.25, 0.3) is 0 Å². The molecule has 1 aromatic heterocycles. The molecule has 0 bridgehead atoms. The third kappa shape index (κ3) is 5.99. The molecule has 0 unspecified atom stereocenters. The molecule has 11 heteroatoms. The number of nitrogens with zero attached hydrogens (tertiary/aromatic N) is 4. The molecule has 32 heavy (non-hydrogen) atoms. The molecule has 0 spiro atoms. The minimum Gasteiger partial charge on any atom is -0.357 e. The number of aromatic nitrogens is 3. The molecule has 1 aliphatic carbocycles. The molecule has 174 valence electrons. The summed E-state index contributed by atoms with van der Waals surface area (Å²) in [5.41, 5.74) is -0.631. The van der Waals surface area contributed by atoms with Crippen LogP contribution in [0.2, 0.25) is 0 Å². The Labute approximate surface area is 198 Å². The van der Waals surface area contributed by atoms with E-state index >= 15 is 0 Å². The van der Waals surface area contributed by atoms with E-state index in [2.05, 4.69) is 25.6 Å². The summed E-state index contributed by atoms with van der Waals surface area (Å²) in [5.74, 6) is 1.28. The lowest BCUT2D eigenvalue weighted by atomic mass is 9.85. The number of carbonyl (C=O) groups is 1. The van der Waals surface area contributed by atoms with Gasteiger partial charge in [0.1, 0.15) is 5.82 Å². The first-order valence-electron chi connectivity index (χ1n) is 10.3. The van der Waals surface area contributed by atoms with Crippen molar-refractivity contribution in [3.63, 3.8) is 0 Å². The molecule has 1 heterocycles. The van der Waals surface area contributed by atoms with Crippen molar-refractivity contribution in [1.29, 1.82) is 0 Å². The van der Waals surface area contributed by atoms with Crippen molar-refractivity contribution >= 4 is 40.4 Å². The van der Waals surface area contributed by atoms with Gasteiger partial charge in [0, 0.05) is 36.2 Å². The van der Waals surface area contributed by atoms with E-state index in [9.17, 15) is 18.0 Å². The first-order chi connectivity index (χ1) is 15.1. The van der Waals surface area contributed by atoms with Crippen LogP contribution in [0.4, 0.5) is 25.1 Å². The highest BCUT2D eigenvalue weighted by Crippen LogP contribution is 2.33. The Morgan fingerprint density at radius 3 is 2.50 bits per heavy atom. The molecule has 1 aliphatic rings. The van der Waals surface area contributed by atoms with Crippen LogP contribution in [0.3, 0.4) is 0 Å². The topological polar surface area (TPSA) is 83.0 Å². The average Bonchev–Trinajstić information content (AvgIpc) is 2.76. The normalized spacial score (nSPS) is 18.8. The number of carbonyl (C=O) groups excluding carboxylic acids is 1. The number of alkyl halides is 3. The van der Waals surface area contributed by atoms with Gasteiger partial charge in [0.15, 0.2) is 0 Å². The predicted molar refractivity (Wildman–Crippen MR) is 124 cm³/mol. The van der Waals surface area contributed by atoms with Crippen LogP contribution >= 0.6 is 22.6 Å². The number of anilines is 2. The van der Waals surface area contributed by atoms with E-state index in [1.807, 2.05) is 34.5 Å². The van der Waals surface area contributed by atoms with Gasteiger partial charge in [-0.25, -0.2) is 0 Å². The first kappa shape index (κ1) is 24.5. The second kappa shape index (κ2) is 10.2. The monoisotopic (exact) mass is 562 g/mol. The highest BCUT2D eigenvalue weighted by atomic mass is 127. The van der Waals surface area contributed by atoms with Gasteiger partial charge in [-0.05, 0) is 72.9 Å². The molecular weight excluding hydrogens is 536 g/mol. The Hall–Kier alpha value is -2.18. The molecule has 0 atom stereocenters. The second-order valence-electron chi connectivity index (χ2n) is 7.89. The number of hydrogen-bond donors (Lipinski definition) is 2. The Kier molecular flexibility index (Phi) is 7.78. The van der Waals surface area contributed by atoms with Crippen molar-refractivity contribution in [2.24, 2.45) is 5.92 Å². The third-order valence-electron chi connectivity index (χ3n) is 5.72. The minimum atomic E-state index is -4.45. The molecule has 3 rings (SSSR count). The summed E-state index contributed by atoms with van der Waals surface area (Å²) in [6, 6.07) is 4.32. The highest BCUT2D eigenvalue weighted by molar-refractivity contribution is 14.1. The maximum Gasteiger partial charge on any atom is 0.416 e. The van der Waals surface area contributed by atoms with Crippen molar-refractivity contribution in [3.8, 4) is 0 Å². The fourth-order valence-electron chi connectivity index (χ4n) is 3.92. The van der Waals surface area contributed by atoms with E-state index in [0.29, 0.717) is 34.1 Å². The van der Waals surface area contributed by atoms with Crippen molar-refractivity contribution in [2.75, 3.05) is 24.3 Å². The Balaban J connectivity index is 1.57. The maximum absolute atomic E-state index is 13.3. The molecule has 1 aromatic carbocycles. The van der Waals surface area contributed by atoms with Crippen molar-refractivity contribution in [2.45, 2.75) is 51.4 Å². The van der Waals surface area contributed by atoms with Crippen LogP contribution in [0, 0.1) is 16.4 Å². The number of halogens is 4. The zero-order valence-electron chi connectivity index (χ0n) is 18.1. The molecule has 0 saturated heterocycles. The summed E-state index contributed by atoms with van der Waals surface area (Å²) in [4.78, 5) is 27.6. The lowest BCUT2D eigenvalue weighted by Crippen LogP contribution is -2.40. The fraction of sp³-hybridized carbons (Fsp3) is 0.524. The zero-order valence-corrected chi connectivity index (χ0v) is 20.3. The summed E-state index contributed by atoms with van der Waals surface area (Å²) in [7, 11) is 3.67. The summed E-state index contributed by atoms with van der Waals surface area (Å²) >= 11 is 1.85. The summed E-state index contributed by atoms with van der Waals surface area (Å²) in [6.45, 7) is 1.67. The van der Waals surface area contributed by atoms with Gasteiger partial charge in [-0.15, -0.1) is 0 Å². The van der Waals surface area contributed by atoms with Crippen LogP contribution in [0.1, 0.15) is 42.6 Å². The summed E-state index contributed by atoms with van der Waals surface area (Å²) in [6.07, 6.45) is -1.60. The zero-order chi connectivity index (χ0) is 23.5. The molecule has 1 fully saturated rings. The maximum atomic E-state index is 13.3. The quantitative estimate of drug-likeness (QED) is 0.515. The Morgan fingerprint density at radius 1 is 1.19 bits per heavy atom. The van der Waals surface area contributed by atoms with Gasteiger partial charge in [-0.3, -0.25) is 4.79 Å². The third-order valence-corrected chi connectivity index (χ3v) is 6.39. The van der Waals surface area contributed by atoms with Crippen LogP contribution in [0.15, 0.2) is 18.2 Å². The lowest BCUT2D eigenvalue weighted by Gasteiger charge is -2.34. The first-order valence-corrected chi connectivity index (χ1v) is 11.4. The van der Waals surface area contributed by atoms with Crippen LogP contribution in [0.25, 0.3) is 0 Å². The minimum absolute atomic E-state index is 0.0743. The average molecular weight is 562 g/mol. The molecule has 2 N–H and O–H groups in total. The van der Waals surface area contributed by atoms with Gasteiger partial charge < -0.3 is 15.5 Å². The molecule has 1 saturated carbocycles. The van der Waals surface area contributed by atoms with Gasteiger partial charge in [0.2, 0.25) is 17.8 Å². The van der Waals surface area contributed by atoms with Crippen LogP contribution < -0.4 is 15.5 Å². The highest BCUT2D eigenvalue weighted by Gasteiger charge is 2.34. The number of amides is 1. The van der Waals surface area contributed by atoms with Gasteiger partial charge in [-0.2, -0.15) is 28.1 Å². The number of nitrogens with one attached hydrogen (secondary N) is 2. The molecular formula is C21H26F3IN6O. The smallest absolute Gasteiger partial charge is 0.357 e. The molecule has 1 amide bonds. The van der Waals surface area contributed by atoms with Crippen LogP contribution in [-0.4, -0.2) is 41.0 Å². The molecule has 0 aliphatic heterocycles. The molecule has 0 radical (unpaired) electrons. The molecule has 2 aromatic rings.